The van der Waals surface area contributed by atoms with Crippen molar-refractivity contribution < 1.29 is 9.18 Å². The Morgan fingerprint density at radius 1 is 1.14 bits per heavy atom. The number of aromatic amines is 1. The van der Waals surface area contributed by atoms with Crippen LogP contribution in [0.4, 0.5) is 10.1 Å². The van der Waals surface area contributed by atoms with Crippen molar-refractivity contribution >= 4 is 29.0 Å². The van der Waals surface area contributed by atoms with Gasteiger partial charge in [0, 0.05) is 17.3 Å². The number of benzene rings is 2. The highest BCUT2D eigenvalue weighted by atomic mass is 32.2. The van der Waals surface area contributed by atoms with Crippen LogP contribution in [0.25, 0.3) is 17.0 Å². The third-order valence-electron chi connectivity index (χ3n) is 4.09. The van der Waals surface area contributed by atoms with Gasteiger partial charge in [-0.2, -0.15) is 0 Å². The molecule has 29 heavy (non-hydrogen) atoms. The van der Waals surface area contributed by atoms with Gasteiger partial charge in [0.1, 0.15) is 5.82 Å². The van der Waals surface area contributed by atoms with Crippen molar-refractivity contribution in [1.82, 2.24) is 19.6 Å². The maximum Gasteiger partial charge on any atom is 0.266 e. The number of H-pyrrole nitrogens is 1. The lowest BCUT2D eigenvalue weighted by molar-refractivity contribution is -0.113. The summed E-state index contributed by atoms with van der Waals surface area (Å²) in [5.41, 5.74) is 2.53. The van der Waals surface area contributed by atoms with Gasteiger partial charge in [0.05, 0.1) is 5.75 Å². The minimum atomic E-state index is -0.374. The number of nitrogens with zero attached hydrogens (tertiary/aromatic N) is 3. The maximum atomic E-state index is 13.0. The molecule has 0 aliphatic heterocycles. The lowest BCUT2D eigenvalue weighted by Gasteiger charge is -2.08. The first-order valence-electron chi connectivity index (χ1n) is 8.73. The van der Waals surface area contributed by atoms with Gasteiger partial charge in [-0.25, -0.2) is 18.9 Å². The van der Waals surface area contributed by atoms with Gasteiger partial charge in [-0.15, -0.1) is 0 Å². The minimum absolute atomic E-state index is 0.0526. The average molecular weight is 409 g/mol. The van der Waals surface area contributed by atoms with E-state index in [0.717, 1.165) is 22.9 Å². The molecule has 0 unspecified atom stereocenters. The molecule has 7 nitrogen and oxygen atoms in total. The van der Waals surface area contributed by atoms with Crippen molar-refractivity contribution in [2.24, 2.45) is 0 Å². The second kappa shape index (κ2) is 7.88. The van der Waals surface area contributed by atoms with Crippen molar-refractivity contribution in [3.05, 3.63) is 76.3 Å². The van der Waals surface area contributed by atoms with E-state index in [1.807, 2.05) is 31.2 Å². The Balaban J connectivity index is 1.58. The third kappa shape index (κ3) is 4.35. The van der Waals surface area contributed by atoms with E-state index in [4.69, 9.17) is 0 Å². The highest BCUT2D eigenvalue weighted by Crippen LogP contribution is 2.22. The predicted molar refractivity (Wildman–Crippen MR) is 110 cm³/mol. The van der Waals surface area contributed by atoms with E-state index in [-0.39, 0.29) is 23.0 Å². The fourth-order valence-electron chi connectivity index (χ4n) is 2.67. The summed E-state index contributed by atoms with van der Waals surface area (Å²) in [7, 11) is 0. The molecule has 2 aromatic heterocycles. The van der Waals surface area contributed by atoms with E-state index < -0.39 is 0 Å². The fourth-order valence-corrected chi connectivity index (χ4v) is 3.42. The van der Waals surface area contributed by atoms with Crippen molar-refractivity contribution in [3.63, 3.8) is 0 Å². The number of amides is 1. The van der Waals surface area contributed by atoms with Gasteiger partial charge < -0.3 is 5.32 Å². The molecule has 4 aromatic rings. The first-order valence-corrected chi connectivity index (χ1v) is 9.71. The van der Waals surface area contributed by atoms with Crippen LogP contribution in [-0.4, -0.2) is 31.2 Å². The summed E-state index contributed by atoms with van der Waals surface area (Å²) in [4.78, 5) is 33.0. The summed E-state index contributed by atoms with van der Waals surface area (Å²) in [5.74, 6) is -0.136. The van der Waals surface area contributed by atoms with Crippen LogP contribution in [0, 0.1) is 12.7 Å². The number of hydrogen-bond donors (Lipinski definition) is 2. The Morgan fingerprint density at radius 3 is 2.59 bits per heavy atom. The molecule has 0 fully saturated rings. The monoisotopic (exact) mass is 409 g/mol. The fraction of sp³-hybridized carbons (Fsp3) is 0.100. The van der Waals surface area contributed by atoms with Gasteiger partial charge >= 0.3 is 0 Å². The molecule has 2 aromatic carbocycles. The third-order valence-corrected chi connectivity index (χ3v) is 5.03. The predicted octanol–water partition coefficient (Wildman–Crippen LogP) is 3.26. The van der Waals surface area contributed by atoms with Gasteiger partial charge in [0.15, 0.2) is 16.6 Å². The molecule has 2 N–H and O–H groups in total. The van der Waals surface area contributed by atoms with Gasteiger partial charge in [0.2, 0.25) is 5.91 Å². The van der Waals surface area contributed by atoms with Crippen molar-refractivity contribution in [2.45, 2.75) is 12.1 Å². The van der Waals surface area contributed by atoms with E-state index in [2.05, 4.69) is 20.4 Å². The molecular weight excluding hydrogens is 393 g/mol. The lowest BCUT2D eigenvalue weighted by Crippen LogP contribution is -2.15. The van der Waals surface area contributed by atoms with Crippen LogP contribution < -0.4 is 10.9 Å². The second-order valence-corrected chi connectivity index (χ2v) is 7.30. The van der Waals surface area contributed by atoms with Crippen LogP contribution in [0.2, 0.25) is 0 Å². The summed E-state index contributed by atoms with van der Waals surface area (Å²) in [6.45, 7) is 1.99. The zero-order valence-corrected chi connectivity index (χ0v) is 16.2. The topological polar surface area (TPSA) is 92.2 Å². The standard InChI is InChI=1S/C20H16FN5O2S/c1-12-2-4-13(5-3-12)19-23-16-10-17(27)25-26(16)20(24-19)29-11-18(28)22-15-8-6-14(21)7-9-15/h2-10H,11H2,1H3,(H,22,28)(H,25,27). The van der Waals surface area contributed by atoms with E-state index in [1.165, 1.54) is 34.8 Å². The molecule has 0 spiro atoms. The number of carbonyl (C=O) groups is 1. The summed E-state index contributed by atoms with van der Waals surface area (Å²) in [5, 5.41) is 5.76. The molecule has 0 aliphatic rings. The Labute approximate surface area is 169 Å². The molecule has 1 amide bonds. The van der Waals surface area contributed by atoms with Crippen LogP contribution >= 0.6 is 11.8 Å². The molecule has 0 saturated carbocycles. The molecule has 0 aliphatic carbocycles. The Bertz CT molecular complexity index is 1230. The number of hydrogen-bond acceptors (Lipinski definition) is 5. The van der Waals surface area contributed by atoms with Gasteiger partial charge in [0.25, 0.3) is 5.56 Å². The molecular formula is C20H16FN5O2S. The highest BCUT2D eigenvalue weighted by Gasteiger charge is 2.13. The lowest BCUT2D eigenvalue weighted by atomic mass is 10.1. The number of thioether (sulfide) groups is 1. The molecule has 0 atom stereocenters. The van der Waals surface area contributed by atoms with E-state index in [9.17, 15) is 14.0 Å². The highest BCUT2D eigenvalue weighted by molar-refractivity contribution is 7.99. The number of carbonyl (C=O) groups excluding carboxylic acids is 1. The summed E-state index contributed by atoms with van der Waals surface area (Å²) >= 11 is 1.16. The van der Waals surface area contributed by atoms with E-state index in [0.29, 0.717) is 22.3 Å². The van der Waals surface area contributed by atoms with E-state index >= 15 is 0 Å². The average Bonchev–Trinajstić information content (AvgIpc) is 3.08. The summed E-state index contributed by atoms with van der Waals surface area (Å²) in [6.07, 6.45) is 0. The first-order chi connectivity index (χ1) is 14.0. The second-order valence-electron chi connectivity index (χ2n) is 6.35. The number of fused-ring (bicyclic) bond motifs is 1. The molecule has 4 rings (SSSR count). The van der Waals surface area contributed by atoms with Gasteiger partial charge in [-0.1, -0.05) is 41.6 Å². The number of anilines is 1. The normalized spacial score (nSPS) is 11.0. The maximum absolute atomic E-state index is 13.0. The molecule has 0 bridgehead atoms. The minimum Gasteiger partial charge on any atom is -0.325 e. The van der Waals surface area contributed by atoms with Crippen LogP contribution in [0.15, 0.2) is 64.5 Å². The van der Waals surface area contributed by atoms with Crippen LogP contribution in [0.5, 0.6) is 0 Å². The largest absolute Gasteiger partial charge is 0.325 e. The van der Waals surface area contributed by atoms with Crippen molar-refractivity contribution in [1.29, 1.82) is 0 Å². The molecule has 0 saturated heterocycles. The van der Waals surface area contributed by atoms with Crippen LogP contribution in [0.1, 0.15) is 5.56 Å². The molecule has 0 radical (unpaired) electrons. The zero-order valence-electron chi connectivity index (χ0n) is 15.3. The summed E-state index contributed by atoms with van der Waals surface area (Å²) < 4.78 is 14.4. The van der Waals surface area contributed by atoms with Crippen molar-refractivity contribution in [3.8, 4) is 11.4 Å². The van der Waals surface area contributed by atoms with Gasteiger partial charge in [-0.3, -0.25) is 14.7 Å². The Morgan fingerprint density at radius 2 is 1.86 bits per heavy atom. The zero-order chi connectivity index (χ0) is 20.4. The van der Waals surface area contributed by atoms with Gasteiger partial charge in [-0.05, 0) is 31.2 Å². The number of halogens is 1. The number of nitrogens with one attached hydrogen (secondary N) is 2. The Hall–Kier alpha value is -3.46. The number of rotatable bonds is 5. The summed E-state index contributed by atoms with van der Waals surface area (Å²) in [6, 6.07) is 14.6. The molecule has 146 valence electrons. The molecule has 2 heterocycles. The smallest absolute Gasteiger partial charge is 0.266 e. The number of aryl methyl sites for hydroxylation is 1. The number of aromatic nitrogens is 4. The quantitative estimate of drug-likeness (QED) is 0.494. The van der Waals surface area contributed by atoms with Crippen LogP contribution in [-0.2, 0) is 4.79 Å². The first kappa shape index (κ1) is 18.9. The SMILES string of the molecule is Cc1ccc(-c2nc(SCC(=O)Nc3ccc(F)cc3)n3[nH]c(=O)cc3n2)cc1. The Kier molecular flexibility index (Phi) is 5.13. The van der Waals surface area contributed by atoms with Crippen molar-refractivity contribution in [2.75, 3.05) is 11.1 Å². The van der Waals surface area contributed by atoms with E-state index in [1.54, 1.807) is 0 Å². The van der Waals surface area contributed by atoms with Crippen LogP contribution in [0.3, 0.4) is 0 Å². The molecule has 9 heteroatoms.